The molecule has 1 aliphatic carbocycles. The molecule has 1 saturated carbocycles. The van der Waals surface area contributed by atoms with Crippen LogP contribution in [0.15, 0.2) is 48.5 Å². The number of nitrogens with one attached hydrogen (secondary N) is 1. The molecule has 3 atom stereocenters. The maximum Gasteiger partial charge on any atom is 0.254 e. The zero-order valence-corrected chi connectivity index (χ0v) is 12.2. The maximum atomic E-state index is 13.7. The van der Waals surface area contributed by atoms with Crippen molar-refractivity contribution in [2.24, 2.45) is 11.8 Å². The normalized spacial score (nSPS) is 21.2. The van der Waals surface area contributed by atoms with Gasteiger partial charge in [-0.3, -0.25) is 4.79 Å². The van der Waals surface area contributed by atoms with Gasteiger partial charge in [0.1, 0.15) is 11.6 Å². The minimum Gasteiger partial charge on any atom is -0.345 e. The molecule has 0 heterocycles. The van der Waals surface area contributed by atoms with E-state index in [1.165, 1.54) is 6.07 Å². The van der Waals surface area contributed by atoms with Crippen LogP contribution in [-0.2, 0) is 0 Å². The smallest absolute Gasteiger partial charge is 0.254 e. The average Bonchev–Trinajstić information content (AvgIpc) is 3.22. The van der Waals surface area contributed by atoms with Crippen LogP contribution in [0.5, 0.6) is 0 Å². The van der Waals surface area contributed by atoms with E-state index in [9.17, 15) is 13.6 Å². The number of halogens is 2. The fourth-order valence-corrected chi connectivity index (χ4v) is 2.81. The predicted molar refractivity (Wildman–Crippen MR) is 80.3 cm³/mol. The van der Waals surface area contributed by atoms with Crippen molar-refractivity contribution in [1.82, 2.24) is 5.32 Å². The van der Waals surface area contributed by atoms with Crippen LogP contribution >= 0.6 is 0 Å². The summed E-state index contributed by atoms with van der Waals surface area (Å²) < 4.78 is 26.7. The molecule has 1 amide bonds. The first-order valence-electron chi connectivity index (χ1n) is 7.37. The van der Waals surface area contributed by atoms with E-state index in [0.717, 1.165) is 24.1 Å². The third-order valence-corrected chi connectivity index (χ3v) is 4.22. The molecule has 0 radical (unpaired) electrons. The lowest BCUT2D eigenvalue weighted by Crippen LogP contribution is -2.31. The van der Waals surface area contributed by atoms with Gasteiger partial charge in [0.25, 0.3) is 5.91 Å². The highest BCUT2D eigenvalue weighted by atomic mass is 19.1. The summed E-state index contributed by atoms with van der Waals surface area (Å²) in [4.78, 5) is 12.3. The molecule has 1 fully saturated rings. The van der Waals surface area contributed by atoms with Gasteiger partial charge in [-0.25, -0.2) is 8.78 Å². The molecule has 22 heavy (non-hydrogen) atoms. The molecule has 0 aliphatic heterocycles. The van der Waals surface area contributed by atoms with Gasteiger partial charge in [0, 0.05) is 6.07 Å². The molecule has 1 aliphatic rings. The molecule has 2 nitrogen and oxygen atoms in total. The van der Waals surface area contributed by atoms with Gasteiger partial charge in [-0.1, -0.05) is 37.3 Å². The van der Waals surface area contributed by atoms with Crippen molar-refractivity contribution >= 4 is 5.91 Å². The minimum absolute atomic E-state index is 0.129. The lowest BCUT2D eigenvalue weighted by Gasteiger charge is -2.19. The highest BCUT2D eigenvalue weighted by Crippen LogP contribution is 2.47. The van der Waals surface area contributed by atoms with Crippen molar-refractivity contribution in [3.63, 3.8) is 0 Å². The van der Waals surface area contributed by atoms with Crippen molar-refractivity contribution < 1.29 is 13.6 Å². The summed E-state index contributed by atoms with van der Waals surface area (Å²) in [6.07, 6.45) is 1.03. The number of hydrogen-bond acceptors (Lipinski definition) is 1. The van der Waals surface area contributed by atoms with Crippen LogP contribution in [0.25, 0.3) is 0 Å². The van der Waals surface area contributed by atoms with E-state index in [4.69, 9.17) is 0 Å². The number of hydrogen-bond donors (Lipinski definition) is 1. The Morgan fingerprint density at radius 1 is 1.18 bits per heavy atom. The van der Waals surface area contributed by atoms with Gasteiger partial charge in [-0.2, -0.15) is 0 Å². The van der Waals surface area contributed by atoms with E-state index in [-0.39, 0.29) is 11.6 Å². The van der Waals surface area contributed by atoms with E-state index >= 15 is 0 Å². The molecular formula is C18H17F2NO. The molecule has 0 bridgehead atoms. The van der Waals surface area contributed by atoms with Crippen LogP contribution in [0.2, 0.25) is 0 Å². The van der Waals surface area contributed by atoms with Gasteiger partial charge in [0.2, 0.25) is 0 Å². The van der Waals surface area contributed by atoms with Gasteiger partial charge in [-0.05, 0) is 36.0 Å². The second kappa shape index (κ2) is 5.87. The summed E-state index contributed by atoms with van der Waals surface area (Å²) in [5.41, 5.74) is 0.878. The van der Waals surface area contributed by atoms with Gasteiger partial charge in [0.15, 0.2) is 0 Å². The highest BCUT2D eigenvalue weighted by Gasteiger charge is 2.41. The molecule has 3 unspecified atom stereocenters. The summed E-state index contributed by atoms with van der Waals surface area (Å²) in [6, 6.07) is 12.5. The fraction of sp³-hybridized carbons (Fsp3) is 0.278. The number of rotatable bonds is 4. The zero-order chi connectivity index (χ0) is 15.7. The number of amides is 1. The molecule has 2 aromatic rings. The summed E-state index contributed by atoms with van der Waals surface area (Å²) in [6.45, 7) is 2.13. The summed E-state index contributed by atoms with van der Waals surface area (Å²) in [5.74, 6) is -1.15. The van der Waals surface area contributed by atoms with Crippen LogP contribution in [0, 0.1) is 23.5 Å². The van der Waals surface area contributed by atoms with Crippen molar-refractivity contribution in [3.8, 4) is 0 Å². The summed E-state index contributed by atoms with van der Waals surface area (Å²) in [5, 5.41) is 2.90. The molecule has 0 aromatic heterocycles. The minimum atomic E-state index is -0.840. The highest BCUT2D eigenvalue weighted by molar-refractivity contribution is 5.94. The van der Waals surface area contributed by atoms with Crippen molar-refractivity contribution in [2.45, 2.75) is 19.4 Å². The van der Waals surface area contributed by atoms with Crippen LogP contribution in [0.1, 0.15) is 35.3 Å². The third kappa shape index (κ3) is 3.01. The first-order valence-corrected chi connectivity index (χ1v) is 7.37. The van der Waals surface area contributed by atoms with Crippen LogP contribution in [-0.4, -0.2) is 5.91 Å². The Hall–Kier alpha value is -2.23. The molecule has 2 aromatic carbocycles. The molecule has 1 N–H and O–H groups in total. The Bertz CT molecular complexity index is 687. The zero-order valence-electron chi connectivity index (χ0n) is 12.2. The number of carbonyl (C=O) groups is 1. The molecule has 0 saturated heterocycles. The molecule has 3 rings (SSSR count). The maximum absolute atomic E-state index is 13.7. The third-order valence-electron chi connectivity index (χ3n) is 4.22. The Kier molecular flexibility index (Phi) is 3.92. The Morgan fingerprint density at radius 2 is 1.86 bits per heavy atom. The first kappa shape index (κ1) is 14.7. The molecule has 4 heteroatoms. The molecule has 114 valence electrons. The molecule has 0 spiro atoms. The quantitative estimate of drug-likeness (QED) is 0.905. The topological polar surface area (TPSA) is 29.1 Å². The standard InChI is InChI=1S/C18H17F2NO/c1-11-9-15(11)17(12-5-3-2-4-6-12)21-18(22)14-8-7-13(19)10-16(14)20/h2-8,10-11,15,17H,9H2,1H3,(H,21,22). The second-order valence-corrected chi connectivity index (χ2v) is 5.86. The number of carbonyl (C=O) groups excluding carboxylic acids is 1. The monoisotopic (exact) mass is 301 g/mol. The Labute approximate surface area is 128 Å². The summed E-state index contributed by atoms with van der Waals surface area (Å²) in [7, 11) is 0. The average molecular weight is 301 g/mol. The van der Waals surface area contributed by atoms with E-state index in [1.807, 2.05) is 30.3 Å². The van der Waals surface area contributed by atoms with E-state index in [1.54, 1.807) is 0 Å². The van der Waals surface area contributed by atoms with Gasteiger partial charge < -0.3 is 5.32 Å². The Balaban J connectivity index is 1.83. The van der Waals surface area contributed by atoms with Gasteiger partial charge >= 0.3 is 0 Å². The predicted octanol–water partition coefficient (Wildman–Crippen LogP) is 4.09. The van der Waals surface area contributed by atoms with E-state index in [0.29, 0.717) is 11.8 Å². The SMILES string of the molecule is CC1CC1C(NC(=O)c1ccc(F)cc1F)c1ccccc1. The lowest BCUT2D eigenvalue weighted by atomic mass is 10.0. The first-order chi connectivity index (χ1) is 10.6. The van der Waals surface area contributed by atoms with Crippen LogP contribution in [0.3, 0.4) is 0 Å². The van der Waals surface area contributed by atoms with Crippen molar-refractivity contribution in [3.05, 3.63) is 71.3 Å². The van der Waals surface area contributed by atoms with Crippen LogP contribution < -0.4 is 5.32 Å². The Morgan fingerprint density at radius 3 is 2.45 bits per heavy atom. The molecular weight excluding hydrogens is 284 g/mol. The number of benzene rings is 2. The second-order valence-electron chi connectivity index (χ2n) is 5.86. The fourth-order valence-electron chi connectivity index (χ4n) is 2.81. The van der Waals surface area contributed by atoms with Crippen LogP contribution in [0.4, 0.5) is 8.78 Å². The van der Waals surface area contributed by atoms with Crippen molar-refractivity contribution in [1.29, 1.82) is 0 Å². The lowest BCUT2D eigenvalue weighted by molar-refractivity contribution is 0.0926. The largest absolute Gasteiger partial charge is 0.345 e. The van der Waals surface area contributed by atoms with E-state index < -0.39 is 17.5 Å². The van der Waals surface area contributed by atoms with Gasteiger partial charge in [-0.15, -0.1) is 0 Å². The van der Waals surface area contributed by atoms with Gasteiger partial charge in [0.05, 0.1) is 11.6 Å². The van der Waals surface area contributed by atoms with Crippen molar-refractivity contribution in [2.75, 3.05) is 0 Å². The summed E-state index contributed by atoms with van der Waals surface area (Å²) >= 11 is 0. The van der Waals surface area contributed by atoms with E-state index in [2.05, 4.69) is 12.2 Å².